The minimum atomic E-state index is -1.60. The fourth-order valence-electron chi connectivity index (χ4n) is 2.78. The van der Waals surface area contributed by atoms with E-state index in [0.29, 0.717) is 12.3 Å². The lowest BCUT2D eigenvalue weighted by Crippen LogP contribution is -2.37. The number of carbonyl (C=O) groups is 3. The molecule has 0 radical (unpaired) electrons. The first-order valence-corrected chi connectivity index (χ1v) is 8.13. The van der Waals surface area contributed by atoms with Crippen molar-refractivity contribution in [3.8, 4) is 0 Å². The summed E-state index contributed by atoms with van der Waals surface area (Å²) in [5.41, 5.74) is -0.696. The van der Waals surface area contributed by atoms with E-state index in [0.717, 1.165) is 26.2 Å². The number of esters is 1. The molecule has 0 aliphatic carbocycles. The van der Waals surface area contributed by atoms with E-state index in [1.807, 2.05) is 0 Å². The van der Waals surface area contributed by atoms with E-state index in [1.165, 1.54) is 0 Å². The Balaban J connectivity index is 4.56. The first kappa shape index (κ1) is 21.6. The van der Waals surface area contributed by atoms with Crippen LogP contribution in [0.2, 0.25) is 0 Å². The molecule has 0 aromatic carbocycles. The molecule has 6 nitrogen and oxygen atoms in total. The van der Waals surface area contributed by atoms with Crippen molar-refractivity contribution in [2.45, 2.75) is 78.4 Å². The quantitative estimate of drug-likeness (QED) is 0.446. The standard InChI is InChI=1S/C17H30O6/c1-6-7-8-11(2)10-17(4,5)23-14(20)9-13(19)15(12(3)18)16(21)22/h11,13,15,19H,6-10H2,1-5H3,(H,21,22). The molecule has 0 aromatic rings. The number of Topliss-reactive ketones (excluding diaryl/α,β-unsaturated/α-hetero) is 1. The third kappa shape index (κ3) is 8.69. The Morgan fingerprint density at radius 2 is 1.78 bits per heavy atom. The smallest absolute Gasteiger partial charge is 0.316 e. The predicted octanol–water partition coefficient (Wildman–Crippen LogP) is 2.57. The summed E-state index contributed by atoms with van der Waals surface area (Å²) in [5, 5.41) is 18.7. The first-order valence-electron chi connectivity index (χ1n) is 8.13. The van der Waals surface area contributed by atoms with Crippen LogP contribution in [0.25, 0.3) is 0 Å². The molecular weight excluding hydrogens is 300 g/mol. The van der Waals surface area contributed by atoms with Gasteiger partial charge in [-0.1, -0.05) is 33.1 Å². The van der Waals surface area contributed by atoms with Crippen molar-refractivity contribution in [2.75, 3.05) is 0 Å². The summed E-state index contributed by atoms with van der Waals surface area (Å²) >= 11 is 0. The van der Waals surface area contributed by atoms with Gasteiger partial charge in [0, 0.05) is 0 Å². The van der Waals surface area contributed by atoms with Gasteiger partial charge in [-0.2, -0.15) is 0 Å². The molecule has 0 saturated carbocycles. The van der Waals surface area contributed by atoms with Crippen molar-refractivity contribution in [3.63, 3.8) is 0 Å². The van der Waals surface area contributed by atoms with Crippen molar-refractivity contribution < 1.29 is 29.3 Å². The van der Waals surface area contributed by atoms with Gasteiger partial charge in [-0.15, -0.1) is 0 Å². The summed E-state index contributed by atoms with van der Waals surface area (Å²) in [6, 6.07) is 0. The number of aliphatic hydroxyl groups is 1. The zero-order chi connectivity index (χ0) is 18.2. The maximum Gasteiger partial charge on any atom is 0.316 e. The third-order valence-corrected chi connectivity index (χ3v) is 3.75. The van der Waals surface area contributed by atoms with Crippen LogP contribution < -0.4 is 0 Å². The molecular formula is C17H30O6. The van der Waals surface area contributed by atoms with Crippen LogP contribution in [0, 0.1) is 11.8 Å². The highest BCUT2D eigenvalue weighted by Crippen LogP contribution is 2.25. The van der Waals surface area contributed by atoms with Crippen molar-refractivity contribution in [1.29, 1.82) is 0 Å². The SMILES string of the molecule is CCCCC(C)CC(C)(C)OC(=O)CC(O)C(C(C)=O)C(=O)O. The van der Waals surface area contributed by atoms with E-state index < -0.39 is 41.8 Å². The Morgan fingerprint density at radius 1 is 1.22 bits per heavy atom. The zero-order valence-electron chi connectivity index (χ0n) is 14.8. The van der Waals surface area contributed by atoms with Crippen molar-refractivity contribution in [3.05, 3.63) is 0 Å². The second-order valence-corrected chi connectivity index (χ2v) is 6.88. The number of hydrogen-bond acceptors (Lipinski definition) is 5. The van der Waals surface area contributed by atoms with Crippen LogP contribution in [0.3, 0.4) is 0 Å². The molecule has 134 valence electrons. The van der Waals surface area contributed by atoms with E-state index in [2.05, 4.69) is 13.8 Å². The van der Waals surface area contributed by atoms with Gasteiger partial charge in [-0.25, -0.2) is 0 Å². The average Bonchev–Trinajstić information content (AvgIpc) is 2.33. The van der Waals surface area contributed by atoms with E-state index in [9.17, 15) is 19.5 Å². The second-order valence-electron chi connectivity index (χ2n) is 6.88. The van der Waals surface area contributed by atoms with Gasteiger partial charge in [0.1, 0.15) is 17.3 Å². The Labute approximate surface area is 138 Å². The summed E-state index contributed by atoms with van der Waals surface area (Å²) in [4.78, 5) is 34.1. The summed E-state index contributed by atoms with van der Waals surface area (Å²) in [7, 11) is 0. The molecule has 3 atom stereocenters. The molecule has 0 aliphatic heterocycles. The van der Waals surface area contributed by atoms with Gasteiger partial charge < -0.3 is 14.9 Å². The van der Waals surface area contributed by atoms with Crippen LogP contribution in [0.5, 0.6) is 0 Å². The lowest BCUT2D eigenvalue weighted by molar-refractivity contribution is -0.162. The van der Waals surface area contributed by atoms with Crippen LogP contribution in [-0.2, 0) is 19.1 Å². The molecule has 0 aliphatic rings. The highest BCUT2D eigenvalue weighted by Gasteiger charge is 2.34. The van der Waals surface area contributed by atoms with Gasteiger partial charge >= 0.3 is 11.9 Å². The molecule has 0 bridgehead atoms. The number of carbonyl (C=O) groups excluding carboxylic acids is 2. The van der Waals surface area contributed by atoms with E-state index in [4.69, 9.17) is 9.84 Å². The van der Waals surface area contributed by atoms with Crippen molar-refractivity contribution >= 4 is 17.7 Å². The minimum Gasteiger partial charge on any atom is -0.481 e. The predicted molar refractivity (Wildman–Crippen MR) is 85.9 cm³/mol. The summed E-state index contributed by atoms with van der Waals surface area (Å²) in [5.74, 6) is -4.03. The lowest BCUT2D eigenvalue weighted by Gasteiger charge is -2.29. The van der Waals surface area contributed by atoms with E-state index in [-0.39, 0.29) is 0 Å². The van der Waals surface area contributed by atoms with Gasteiger partial charge in [-0.3, -0.25) is 14.4 Å². The largest absolute Gasteiger partial charge is 0.481 e. The molecule has 6 heteroatoms. The van der Waals surface area contributed by atoms with Gasteiger partial charge in [0.2, 0.25) is 0 Å². The van der Waals surface area contributed by atoms with Gasteiger partial charge in [0.05, 0.1) is 12.5 Å². The Morgan fingerprint density at radius 3 is 2.22 bits per heavy atom. The van der Waals surface area contributed by atoms with Crippen LogP contribution in [0.1, 0.15) is 66.7 Å². The third-order valence-electron chi connectivity index (χ3n) is 3.75. The normalized spacial score (nSPS) is 15.6. The molecule has 0 heterocycles. The number of ketones is 1. The van der Waals surface area contributed by atoms with Crippen LogP contribution >= 0.6 is 0 Å². The molecule has 0 amide bonds. The fraction of sp³-hybridized carbons (Fsp3) is 0.824. The second kappa shape index (κ2) is 9.65. The summed E-state index contributed by atoms with van der Waals surface area (Å²) in [6.45, 7) is 8.87. The monoisotopic (exact) mass is 330 g/mol. The number of hydrogen-bond donors (Lipinski definition) is 2. The van der Waals surface area contributed by atoms with Gasteiger partial charge in [-0.05, 0) is 33.1 Å². The lowest BCUT2D eigenvalue weighted by atomic mass is 9.90. The van der Waals surface area contributed by atoms with Gasteiger partial charge in [0.15, 0.2) is 0 Å². The topological polar surface area (TPSA) is 101 Å². The van der Waals surface area contributed by atoms with Crippen molar-refractivity contribution in [1.82, 2.24) is 0 Å². The van der Waals surface area contributed by atoms with E-state index in [1.54, 1.807) is 13.8 Å². The maximum atomic E-state index is 11.9. The number of aliphatic carboxylic acids is 1. The Kier molecular flexibility index (Phi) is 9.05. The molecule has 0 rings (SSSR count). The molecule has 23 heavy (non-hydrogen) atoms. The number of carboxylic acids is 1. The maximum absolute atomic E-state index is 11.9. The molecule has 0 aromatic heterocycles. The van der Waals surface area contributed by atoms with Crippen molar-refractivity contribution in [2.24, 2.45) is 11.8 Å². The Hall–Kier alpha value is -1.43. The molecule has 0 fully saturated rings. The summed E-state index contributed by atoms with van der Waals surface area (Å²) in [6.07, 6.45) is 1.87. The number of aliphatic hydroxyl groups excluding tert-OH is 1. The van der Waals surface area contributed by atoms with Gasteiger partial charge in [0.25, 0.3) is 0 Å². The molecule has 0 spiro atoms. The number of ether oxygens (including phenoxy) is 1. The first-order chi connectivity index (χ1) is 10.5. The zero-order valence-corrected chi connectivity index (χ0v) is 14.8. The molecule has 2 N–H and O–H groups in total. The number of carboxylic acid groups (broad SMARTS) is 1. The number of rotatable bonds is 11. The fourth-order valence-corrected chi connectivity index (χ4v) is 2.78. The molecule has 3 unspecified atom stereocenters. The van der Waals surface area contributed by atoms with E-state index >= 15 is 0 Å². The average molecular weight is 330 g/mol. The Bertz CT molecular complexity index is 401. The number of unbranched alkanes of at least 4 members (excludes halogenated alkanes) is 1. The molecule has 0 saturated heterocycles. The van der Waals surface area contributed by atoms with Crippen LogP contribution in [-0.4, -0.2) is 39.6 Å². The highest BCUT2D eigenvalue weighted by molar-refractivity contribution is 5.98. The highest BCUT2D eigenvalue weighted by atomic mass is 16.6. The summed E-state index contributed by atoms with van der Waals surface area (Å²) < 4.78 is 5.37. The van der Waals surface area contributed by atoms with Crippen LogP contribution in [0.4, 0.5) is 0 Å². The van der Waals surface area contributed by atoms with Crippen LogP contribution in [0.15, 0.2) is 0 Å². The minimum absolute atomic E-state index is 0.395.